The van der Waals surface area contributed by atoms with Crippen molar-refractivity contribution in [2.45, 2.75) is 45.2 Å². The van der Waals surface area contributed by atoms with Crippen molar-refractivity contribution < 1.29 is 19.5 Å². The van der Waals surface area contributed by atoms with Crippen molar-refractivity contribution in [3.8, 4) is 0 Å². The van der Waals surface area contributed by atoms with Crippen LogP contribution in [-0.2, 0) is 9.59 Å². The molecule has 0 aromatic rings. The maximum Gasteiger partial charge on any atom is 0.326 e. The highest BCUT2D eigenvalue weighted by Gasteiger charge is 2.26. The van der Waals surface area contributed by atoms with E-state index < -0.39 is 12.0 Å². The zero-order valence-electron chi connectivity index (χ0n) is 11.3. The van der Waals surface area contributed by atoms with Gasteiger partial charge in [0.2, 0.25) is 5.91 Å². The lowest BCUT2D eigenvalue weighted by atomic mass is 10.1. The summed E-state index contributed by atoms with van der Waals surface area (Å²) >= 11 is 0. The monoisotopic (exact) mass is 271 g/mol. The topological polar surface area (TPSA) is 98.7 Å². The van der Waals surface area contributed by atoms with Crippen LogP contribution in [0.2, 0.25) is 0 Å². The van der Waals surface area contributed by atoms with Gasteiger partial charge in [0.05, 0.1) is 0 Å². The number of amides is 3. The first-order chi connectivity index (χ1) is 8.93. The van der Waals surface area contributed by atoms with Crippen LogP contribution >= 0.6 is 0 Å². The number of nitrogens with one attached hydrogen (secondary N) is 2. The molecule has 3 amide bonds. The molecule has 0 aromatic heterocycles. The summed E-state index contributed by atoms with van der Waals surface area (Å²) in [5, 5.41) is 14.2. The molecule has 1 heterocycles. The van der Waals surface area contributed by atoms with Crippen LogP contribution in [0, 0.1) is 0 Å². The average Bonchev–Trinajstić information content (AvgIpc) is 2.35. The van der Waals surface area contributed by atoms with E-state index in [1.807, 2.05) is 0 Å². The Labute approximate surface area is 112 Å². The van der Waals surface area contributed by atoms with Gasteiger partial charge in [-0.05, 0) is 19.3 Å². The third kappa shape index (κ3) is 4.76. The third-order valence-corrected chi connectivity index (χ3v) is 3.19. The molecule has 0 unspecified atom stereocenters. The number of rotatable bonds is 4. The van der Waals surface area contributed by atoms with Crippen LogP contribution in [0.15, 0.2) is 0 Å². The molecular weight excluding hydrogens is 250 g/mol. The molecule has 1 saturated heterocycles. The van der Waals surface area contributed by atoms with E-state index in [2.05, 4.69) is 10.6 Å². The molecule has 0 bridgehead atoms. The van der Waals surface area contributed by atoms with Crippen molar-refractivity contribution in [3.63, 3.8) is 0 Å². The predicted molar refractivity (Wildman–Crippen MR) is 68.7 cm³/mol. The minimum absolute atomic E-state index is 0.0696. The van der Waals surface area contributed by atoms with E-state index in [0.29, 0.717) is 32.4 Å². The Morgan fingerprint density at radius 2 is 1.89 bits per heavy atom. The van der Waals surface area contributed by atoms with E-state index in [9.17, 15) is 14.4 Å². The number of carboxylic acid groups (broad SMARTS) is 1. The summed E-state index contributed by atoms with van der Waals surface area (Å²) in [6.07, 6.45) is 1.73. The van der Waals surface area contributed by atoms with Gasteiger partial charge in [-0.2, -0.15) is 0 Å². The summed E-state index contributed by atoms with van der Waals surface area (Å²) in [5.74, 6) is -1.09. The molecule has 108 valence electrons. The van der Waals surface area contributed by atoms with Gasteiger partial charge in [-0.15, -0.1) is 0 Å². The molecule has 7 heteroatoms. The van der Waals surface area contributed by atoms with Crippen LogP contribution < -0.4 is 10.6 Å². The molecule has 0 aliphatic carbocycles. The molecule has 3 N–H and O–H groups in total. The van der Waals surface area contributed by atoms with Gasteiger partial charge in [-0.25, -0.2) is 9.59 Å². The number of hydrogen-bond acceptors (Lipinski definition) is 3. The zero-order valence-corrected chi connectivity index (χ0v) is 11.3. The summed E-state index contributed by atoms with van der Waals surface area (Å²) in [5.41, 5.74) is 0. The van der Waals surface area contributed by atoms with E-state index in [1.165, 1.54) is 6.92 Å². The second-order valence-electron chi connectivity index (χ2n) is 4.71. The minimum atomic E-state index is -1.02. The Morgan fingerprint density at radius 1 is 1.32 bits per heavy atom. The fourth-order valence-corrected chi connectivity index (χ4v) is 2.09. The molecule has 0 spiro atoms. The highest BCUT2D eigenvalue weighted by Crippen LogP contribution is 2.10. The lowest BCUT2D eigenvalue weighted by Crippen LogP contribution is -2.52. The van der Waals surface area contributed by atoms with Crippen molar-refractivity contribution in [2.24, 2.45) is 0 Å². The summed E-state index contributed by atoms with van der Waals surface area (Å²) in [6.45, 7) is 4.22. The van der Waals surface area contributed by atoms with Crippen molar-refractivity contribution in [1.82, 2.24) is 15.5 Å². The Balaban J connectivity index is 2.40. The normalized spacial score (nSPS) is 17.7. The Bertz CT molecular complexity index is 351. The Morgan fingerprint density at radius 3 is 2.32 bits per heavy atom. The predicted octanol–water partition coefficient (Wildman–Crippen LogP) is 0.160. The van der Waals surface area contributed by atoms with Crippen LogP contribution in [0.4, 0.5) is 4.79 Å². The average molecular weight is 271 g/mol. The number of hydrogen-bond donors (Lipinski definition) is 3. The van der Waals surface area contributed by atoms with E-state index in [4.69, 9.17) is 5.11 Å². The maximum absolute atomic E-state index is 11.9. The number of nitrogens with zero attached hydrogens (tertiary/aromatic N) is 1. The second kappa shape index (κ2) is 6.96. The lowest BCUT2D eigenvalue weighted by Gasteiger charge is -2.32. The summed E-state index contributed by atoms with van der Waals surface area (Å²) in [7, 11) is 0. The molecule has 1 atom stereocenters. The molecule has 1 rings (SSSR count). The van der Waals surface area contributed by atoms with Gasteiger partial charge in [-0.3, -0.25) is 4.79 Å². The van der Waals surface area contributed by atoms with Gasteiger partial charge in [-0.1, -0.05) is 6.92 Å². The van der Waals surface area contributed by atoms with E-state index in [1.54, 1.807) is 11.8 Å². The van der Waals surface area contributed by atoms with Crippen LogP contribution in [0.1, 0.15) is 33.1 Å². The highest BCUT2D eigenvalue weighted by atomic mass is 16.4. The molecule has 7 nitrogen and oxygen atoms in total. The van der Waals surface area contributed by atoms with Crippen molar-refractivity contribution >= 4 is 17.9 Å². The SMILES string of the molecule is CC[C@H](NC(=O)N1CCC(NC(C)=O)CC1)C(=O)O. The second-order valence-corrected chi connectivity index (χ2v) is 4.71. The molecule has 1 fully saturated rings. The molecule has 1 aliphatic rings. The molecule has 1 aliphatic heterocycles. The first kappa shape index (κ1) is 15.3. The van der Waals surface area contributed by atoms with Crippen LogP contribution in [0.3, 0.4) is 0 Å². The molecule has 19 heavy (non-hydrogen) atoms. The van der Waals surface area contributed by atoms with E-state index in [-0.39, 0.29) is 18.0 Å². The zero-order chi connectivity index (χ0) is 14.4. The Kier molecular flexibility index (Phi) is 5.59. The van der Waals surface area contributed by atoms with E-state index in [0.717, 1.165) is 0 Å². The summed E-state index contributed by atoms with van der Waals surface area (Å²) in [4.78, 5) is 35.2. The first-order valence-corrected chi connectivity index (χ1v) is 6.49. The van der Waals surface area contributed by atoms with Gasteiger partial charge in [0.25, 0.3) is 0 Å². The number of urea groups is 1. The number of carbonyl (C=O) groups is 3. The van der Waals surface area contributed by atoms with Crippen molar-refractivity contribution in [3.05, 3.63) is 0 Å². The smallest absolute Gasteiger partial charge is 0.326 e. The summed E-state index contributed by atoms with van der Waals surface area (Å²) < 4.78 is 0. The molecule has 0 saturated carbocycles. The maximum atomic E-state index is 11.9. The van der Waals surface area contributed by atoms with Crippen LogP contribution in [0.25, 0.3) is 0 Å². The lowest BCUT2D eigenvalue weighted by molar-refractivity contribution is -0.139. The van der Waals surface area contributed by atoms with Crippen LogP contribution in [-0.4, -0.2) is 53.1 Å². The number of carbonyl (C=O) groups excluding carboxylic acids is 2. The van der Waals surface area contributed by atoms with Gasteiger partial charge < -0.3 is 20.6 Å². The molecule has 0 radical (unpaired) electrons. The summed E-state index contributed by atoms with van der Waals surface area (Å²) in [6, 6.07) is -1.10. The highest BCUT2D eigenvalue weighted by molar-refractivity contribution is 5.82. The minimum Gasteiger partial charge on any atom is -0.480 e. The third-order valence-electron chi connectivity index (χ3n) is 3.19. The number of likely N-dealkylation sites (tertiary alicyclic amines) is 1. The van der Waals surface area contributed by atoms with Gasteiger partial charge in [0.15, 0.2) is 0 Å². The molecule has 0 aromatic carbocycles. The quantitative estimate of drug-likeness (QED) is 0.678. The van der Waals surface area contributed by atoms with Crippen molar-refractivity contribution in [2.75, 3.05) is 13.1 Å². The Hall–Kier alpha value is -1.79. The first-order valence-electron chi connectivity index (χ1n) is 6.49. The van der Waals surface area contributed by atoms with Gasteiger partial charge in [0, 0.05) is 26.1 Å². The standard InChI is InChI=1S/C12H21N3O4/c1-3-10(11(17)18)14-12(19)15-6-4-9(5-7-15)13-8(2)16/h9-10H,3-7H2,1-2H3,(H,13,16)(H,14,19)(H,17,18)/t10-/m0/s1. The number of piperidine rings is 1. The largest absolute Gasteiger partial charge is 0.480 e. The molecular formula is C12H21N3O4. The van der Waals surface area contributed by atoms with E-state index >= 15 is 0 Å². The fourth-order valence-electron chi connectivity index (χ4n) is 2.09. The van der Waals surface area contributed by atoms with Gasteiger partial charge >= 0.3 is 12.0 Å². The fraction of sp³-hybridized carbons (Fsp3) is 0.750. The number of aliphatic carboxylic acids is 1. The number of carboxylic acids is 1. The van der Waals surface area contributed by atoms with Gasteiger partial charge in [0.1, 0.15) is 6.04 Å². The van der Waals surface area contributed by atoms with Crippen molar-refractivity contribution in [1.29, 1.82) is 0 Å². The van der Waals surface area contributed by atoms with Crippen LogP contribution in [0.5, 0.6) is 0 Å².